The molecule has 0 bridgehead atoms. The molecule has 0 saturated heterocycles. The average Bonchev–Trinajstić information content (AvgIpc) is 3.11. The molecule has 0 aromatic heterocycles. The molecule has 0 aliphatic rings. The number of anilines is 2. The van der Waals surface area contributed by atoms with Gasteiger partial charge >= 0.3 is 16.8 Å². The topological polar surface area (TPSA) is 77.3 Å². The Morgan fingerprint density at radius 2 is 0.737 bits per heavy atom. The first-order valence-corrected chi connectivity index (χ1v) is 20.4. The SMILES string of the molecule is CCN(CC)c1ccc(N=Cc2cc(C(C)(C)C)cc(C(C)(C)C)c2[O-])cc1.CCN(CC)c1ccc(N=Cc2cc(C(C)(C)C)cc(C(C)(C)C)c2[O-])cc1.[Co+2]. The zero-order valence-electron chi connectivity index (χ0n) is 37.9. The zero-order chi connectivity index (χ0) is 42.2. The van der Waals surface area contributed by atoms with E-state index in [9.17, 15) is 10.2 Å². The van der Waals surface area contributed by atoms with Crippen LogP contribution in [0.5, 0.6) is 11.5 Å². The number of benzene rings is 4. The summed E-state index contributed by atoms with van der Waals surface area (Å²) in [7, 11) is 0. The summed E-state index contributed by atoms with van der Waals surface area (Å²) in [6, 6.07) is 24.5. The van der Waals surface area contributed by atoms with Gasteiger partial charge in [-0.25, -0.2) is 0 Å². The second kappa shape index (κ2) is 20.1. The molecule has 0 unspecified atom stereocenters. The normalized spacial score (nSPS) is 12.4. The van der Waals surface area contributed by atoms with Crippen molar-refractivity contribution in [1.82, 2.24) is 0 Å². The van der Waals surface area contributed by atoms with Crippen LogP contribution in [-0.4, -0.2) is 38.6 Å². The Morgan fingerprint density at radius 3 is 0.965 bits per heavy atom. The Balaban J connectivity index is 0.000000387. The molecule has 4 aromatic carbocycles. The van der Waals surface area contributed by atoms with Gasteiger partial charge in [0.05, 0.1) is 11.4 Å². The Kier molecular flexibility index (Phi) is 17.3. The van der Waals surface area contributed by atoms with E-state index in [1.54, 1.807) is 12.4 Å². The van der Waals surface area contributed by atoms with Gasteiger partial charge in [-0.2, -0.15) is 0 Å². The van der Waals surface area contributed by atoms with Crippen LogP contribution in [0.25, 0.3) is 0 Å². The van der Waals surface area contributed by atoms with Gasteiger partial charge in [0.2, 0.25) is 0 Å². The van der Waals surface area contributed by atoms with Gasteiger partial charge in [0.1, 0.15) is 0 Å². The number of hydrogen-bond donors (Lipinski definition) is 0. The Morgan fingerprint density at radius 1 is 0.456 bits per heavy atom. The summed E-state index contributed by atoms with van der Waals surface area (Å²) in [5.41, 5.74) is 8.97. The quantitative estimate of drug-likeness (QED) is 0.149. The van der Waals surface area contributed by atoms with Crippen molar-refractivity contribution in [3.8, 4) is 11.5 Å². The third kappa shape index (κ3) is 13.5. The monoisotopic (exact) mass is 817 g/mol. The number of nitrogens with zero attached hydrogens (tertiary/aromatic N) is 4. The van der Waals surface area contributed by atoms with Crippen LogP contribution >= 0.6 is 0 Å². The molecular weight excluding hydrogens is 748 g/mol. The van der Waals surface area contributed by atoms with Crippen molar-refractivity contribution in [1.29, 1.82) is 0 Å². The summed E-state index contributed by atoms with van der Waals surface area (Å²) < 4.78 is 0. The maximum absolute atomic E-state index is 13.0. The fourth-order valence-corrected chi connectivity index (χ4v) is 6.44. The molecule has 1 radical (unpaired) electrons. The fraction of sp³-hybridized carbons (Fsp3) is 0.480. The molecular formula is C50H70CoN4O2. The first kappa shape index (κ1) is 49.1. The van der Waals surface area contributed by atoms with Gasteiger partial charge in [0.15, 0.2) is 0 Å². The summed E-state index contributed by atoms with van der Waals surface area (Å²) in [5.74, 6) is 0.146. The maximum Gasteiger partial charge on any atom is 2.00 e. The smallest absolute Gasteiger partial charge is 0.872 e. The predicted octanol–water partition coefficient (Wildman–Crippen LogP) is 11.9. The van der Waals surface area contributed by atoms with Crippen LogP contribution in [-0.2, 0) is 38.4 Å². The van der Waals surface area contributed by atoms with Crippen LogP contribution < -0.4 is 20.0 Å². The van der Waals surface area contributed by atoms with Gasteiger partial charge in [-0.05, 0) is 131 Å². The number of hydrogen-bond acceptors (Lipinski definition) is 6. The molecule has 57 heavy (non-hydrogen) atoms. The van der Waals surface area contributed by atoms with Gasteiger partial charge in [-0.1, -0.05) is 119 Å². The summed E-state index contributed by atoms with van der Waals surface area (Å²) in [6.45, 7) is 38.1. The van der Waals surface area contributed by atoms with E-state index in [1.165, 1.54) is 11.4 Å². The third-order valence-electron chi connectivity index (χ3n) is 10.2. The van der Waals surface area contributed by atoms with E-state index in [-0.39, 0.29) is 49.9 Å². The average molecular weight is 818 g/mol. The molecule has 0 spiro atoms. The Labute approximate surface area is 356 Å². The molecule has 0 N–H and O–H groups in total. The second-order valence-electron chi connectivity index (χ2n) is 18.8. The third-order valence-corrected chi connectivity index (χ3v) is 10.2. The van der Waals surface area contributed by atoms with Crippen molar-refractivity contribution >= 4 is 35.2 Å². The van der Waals surface area contributed by atoms with Gasteiger partial charge in [-0.15, -0.1) is 0 Å². The van der Waals surface area contributed by atoms with Crippen molar-refractivity contribution in [3.05, 3.63) is 106 Å². The van der Waals surface area contributed by atoms with Crippen LogP contribution in [0.1, 0.15) is 144 Å². The van der Waals surface area contributed by atoms with Crippen molar-refractivity contribution in [2.45, 2.75) is 132 Å². The first-order valence-electron chi connectivity index (χ1n) is 20.4. The molecule has 0 atom stereocenters. The maximum atomic E-state index is 13.0. The first-order chi connectivity index (χ1) is 25.9. The Hall–Kier alpha value is -4.07. The van der Waals surface area contributed by atoms with E-state index >= 15 is 0 Å². The van der Waals surface area contributed by atoms with Crippen LogP contribution in [0.4, 0.5) is 22.7 Å². The summed E-state index contributed by atoms with van der Waals surface area (Å²) in [6.07, 6.45) is 3.44. The molecule has 0 heterocycles. The molecule has 0 aliphatic heterocycles. The van der Waals surface area contributed by atoms with Crippen LogP contribution in [0.2, 0.25) is 0 Å². The number of rotatable bonds is 10. The van der Waals surface area contributed by atoms with E-state index in [0.29, 0.717) is 11.1 Å². The minimum absolute atomic E-state index is 0. The molecule has 4 rings (SSSR count). The van der Waals surface area contributed by atoms with E-state index in [0.717, 1.165) is 59.8 Å². The van der Waals surface area contributed by atoms with Crippen molar-refractivity contribution < 1.29 is 27.0 Å². The number of aliphatic imine (C=N–C) groups is 2. The zero-order valence-corrected chi connectivity index (χ0v) is 38.9. The van der Waals surface area contributed by atoms with Gasteiger partial charge in [0, 0.05) is 50.0 Å². The minimum atomic E-state index is -0.202. The van der Waals surface area contributed by atoms with Gasteiger partial charge < -0.3 is 20.0 Å². The van der Waals surface area contributed by atoms with Crippen molar-refractivity contribution in [3.63, 3.8) is 0 Å². The molecule has 6 nitrogen and oxygen atoms in total. The van der Waals surface area contributed by atoms with Gasteiger partial charge in [-0.3, -0.25) is 9.98 Å². The molecule has 0 saturated carbocycles. The summed E-state index contributed by atoms with van der Waals surface area (Å²) in [4.78, 5) is 13.8. The van der Waals surface area contributed by atoms with E-state index in [2.05, 4.69) is 167 Å². The second-order valence-corrected chi connectivity index (χ2v) is 18.8. The molecule has 311 valence electrons. The van der Waals surface area contributed by atoms with Gasteiger partial charge in [0.25, 0.3) is 0 Å². The van der Waals surface area contributed by atoms with E-state index < -0.39 is 0 Å². The van der Waals surface area contributed by atoms with Crippen molar-refractivity contribution in [2.24, 2.45) is 9.98 Å². The van der Waals surface area contributed by atoms with Crippen LogP contribution in [0.15, 0.2) is 82.8 Å². The standard InChI is InChI=1S/2C25H36N2O.Co/c2*1-9-27(10-2)21-13-11-20(12-14-21)26-17-18-15-19(24(3,4)5)16-22(23(18)28)25(6,7)8;/h2*11-17,28H,9-10H2,1-8H3;/q;;+2/p-2. The van der Waals surface area contributed by atoms with Crippen molar-refractivity contribution in [2.75, 3.05) is 36.0 Å². The van der Waals surface area contributed by atoms with Crippen LogP contribution in [0.3, 0.4) is 0 Å². The Bertz CT molecular complexity index is 1780. The van der Waals surface area contributed by atoms with Crippen LogP contribution in [0, 0.1) is 0 Å². The molecule has 7 heteroatoms. The predicted molar refractivity (Wildman–Crippen MR) is 241 cm³/mol. The summed E-state index contributed by atoms with van der Waals surface area (Å²) in [5, 5.41) is 26.1. The van der Waals surface area contributed by atoms with E-state index in [1.807, 2.05) is 36.4 Å². The molecule has 0 fully saturated rings. The fourth-order valence-electron chi connectivity index (χ4n) is 6.44. The largest absolute Gasteiger partial charge is 2.00 e. The summed E-state index contributed by atoms with van der Waals surface area (Å²) >= 11 is 0. The molecule has 0 amide bonds. The minimum Gasteiger partial charge on any atom is -0.872 e. The molecule has 0 aliphatic carbocycles. The molecule has 4 aromatic rings. The van der Waals surface area contributed by atoms with E-state index in [4.69, 9.17) is 0 Å².